The first-order valence-electron chi connectivity index (χ1n) is 7.72. The van der Waals surface area contributed by atoms with Gasteiger partial charge in [0.15, 0.2) is 0 Å². The molecule has 1 aliphatic rings. The van der Waals surface area contributed by atoms with E-state index in [-0.39, 0.29) is 11.8 Å². The molecule has 0 atom stereocenters. The summed E-state index contributed by atoms with van der Waals surface area (Å²) in [6, 6.07) is 3.79. The maximum atomic E-state index is 12.4. The van der Waals surface area contributed by atoms with E-state index in [2.05, 4.69) is 20.7 Å². The summed E-state index contributed by atoms with van der Waals surface area (Å²) in [5.74, 6) is 0.983. The van der Waals surface area contributed by atoms with E-state index in [4.69, 9.17) is 0 Å². The van der Waals surface area contributed by atoms with Gasteiger partial charge in [-0.05, 0) is 31.9 Å². The summed E-state index contributed by atoms with van der Waals surface area (Å²) in [6.45, 7) is 1.95. The highest BCUT2D eigenvalue weighted by atomic mass is 16.1. The second-order valence-corrected chi connectivity index (χ2v) is 5.69. The van der Waals surface area contributed by atoms with Crippen LogP contribution in [-0.2, 0) is 4.79 Å². The lowest BCUT2D eigenvalue weighted by Gasteiger charge is -2.15. The molecule has 1 fully saturated rings. The van der Waals surface area contributed by atoms with Crippen molar-refractivity contribution in [3.05, 3.63) is 17.8 Å². The van der Waals surface area contributed by atoms with Gasteiger partial charge in [0.25, 0.3) is 0 Å². The quantitative estimate of drug-likeness (QED) is 0.652. The van der Waals surface area contributed by atoms with Crippen LogP contribution in [0.3, 0.4) is 0 Å². The van der Waals surface area contributed by atoms with Crippen LogP contribution in [0.5, 0.6) is 0 Å². The fourth-order valence-corrected chi connectivity index (χ4v) is 2.69. The van der Waals surface area contributed by atoms with Gasteiger partial charge < -0.3 is 5.32 Å². The number of carbonyl (C=O) groups is 1. The molecule has 1 aromatic heterocycles. The lowest BCUT2D eigenvalue weighted by Crippen LogP contribution is -2.23. The molecular weight excluding hydrogens is 252 g/mol. The molecule has 0 radical (unpaired) electrons. The molecule has 1 heterocycles. The Morgan fingerprint density at radius 2 is 1.70 bits per heavy atom. The van der Waals surface area contributed by atoms with E-state index >= 15 is 0 Å². The number of H-pyrrole nitrogens is 3. The first-order chi connectivity index (χ1) is 9.75. The summed E-state index contributed by atoms with van der Waals surface area (Å²) in [5, 5.41) is 11.7. The number of anilines is 1. The fourth-order valence-electron chi connectivity index (χ4n) is 2.69. The van der Waals surface area contributed by atoms with Gasteiger partial charge in [0.05, 0.1) is 0 Å². The Hall–Kier alpha value is -1.65. The highest BCUT2D eigenvalue weighted by molar-refractivity contribution is 5.91. The molecule has 4 N–H and O–H groups in total. The molecule has 5 heteroatoms. The highest BCUT2D eigenvalue weighted by Crippen LogP contribution is 2.22. The maximum absolute atomic E-state index is 12.4. The van der Waals surface area contributed by atoms with Crippen LogP contribution in [0.2, 0.25) is 0 Å². The maximum Gasteiger partial charge on any atom is 0.228 e. The smallest absolute Gasteiger partial charge is 0.228 e. The number of rotatable bonds is 2. The molecule has 0 spiro atoms. The van der Waals surface area contributed by atoms with Gasteiger partial charge in [0, 0.05) is 11.6 Å². The van der Waals surface area contributed by atoms with Crippen molar-refractivity contribution in [1.82, 2.24) is 15.4 Å². The molecule has 112 valence electrons. The van der Waals surface area contributed by atoms with Gasteiger partial charge in [-0.25, -0.2) is 5.21 Å². The molecule has 0 unspecified atom stereocenters. The molecule has 2 rings (SSSR count). The van der Waals surface area contributed by atoms with Crippen LogP contribution in [0.4, 0.5) is 5.82 Å². The Bertz CT molecular complexity index is 446. The topological polar surface area (TPSA) is 76.5 Å². The summed E-state index contributed by atoms with van der Waals surface area (Å²) in [6.07, 6.45) is 9.53. The standard InChI is InChI=1S/C15H26N4O/c1-12-10-11-14(18-19-17-12)16-15(20)13-8-6-4-2-3-5-7-9-13/h10-11,13,17-19H,2-9H2,1H3,(H,16,20). The molecule has 20 heavy (non-hydrogen) atoms. The number of aromatic nitrogens is 3. The summed E-state index contributed by atoms with van der Waals surface area (Å²) < 4.78 is 0. The van der Waals surface area contributed by atoms with E-state index in [1.165, 1.54) is 38.5 Å². The summed E-state index contributed by atoms with van der Waals surface area (Å²) in [7, 11) is 0. The van der Waals surface area contributed by atoms with Gasteiger partial charge in [0.1, 0.15) is 5.82 Å². The minimum absolute atomic E-state index is 0.139. The van der Waals surface area contributed by atoms with Crippen molar-refractivity contribution < 1.29 is 4.79 Å². The number of hydrogen-bond donors (Lipinski definition) is 4. The summed E-state index contributed by atoms with van der Waals surface area (Å²) in [5.41, 5.74) is 0.990. The summed E-state index contributed by atoms with van der Waals surface area (Å²) >= 11 is 0. The Kier molecular flexibility index (Phi) is 5.77. The molecule has 1 saturated carbocycles. The van der Waals surface area contributed by atoms with Crippen molar-refractivity contribution in [2.75, 3.05) is 5.32 Å². The molecule has 0 bridgehead atoms. The van der Waals surface area contributed by atoms with E-state index in [1.807, 2.05) is 19.1 Å². The predicted molar refractivity (Wildman–Crippen MR) is 80.9 cm³/mol. The van der Waals surface area contributed by atoms with Crippen LogP contribution in [-0.4, -0.2) is 21.3 Å². The first-order valence-corrected chi connectivity index (χ1v) is 7.72. The summed E-state index contributed by atoms with van der Waals surface area (Å²) in [4.78, 5) is 12.4. The van der Waals surface area contributed by atoms with E-state index in [1.54, 1.807) is 0 Å². The predicted octanol–water partition coefficient (Wildman–Crippen LogP) is 3.79. The zero-order valence-corrected chi connectivity index (χ0v) is 12.3. The zero-order valence-electron chi connectivity index (χ0n) is 12.3. The van der Waals surface area contributed by atoms with Crippen LogP contribution in [0.25, 0.3) is 0 Å². The number of aromatic amines is 3. The number of aryl methyl sites for hydroxylation is 1. The molecule has 0 aromatic carbocycles. The largest absolute Gasteiger partial charge is 0.311 e. The Morgan fingerprint density at radius 1 is 1.05 bits per heavy atom. The van der Waals surface area contributed by atoms with Crippen LogP contribution in [0.1, 0.15) is 57.1 Å². The molecule has 1 aromatic rings. The van der Waals surface area contributed by atoms with Gasteiger partial charge in [-0.1, -0.05) is 38.5 Å². The molecule has 5 nitrogen and oxygen atoms in total. The Morgan fingerprint density at radius 3 is 2.40 bits per heavy atom. The van der Waals surface area contributed by atoms with Crippen LogP contribution in [0.15, 0.2) is 12.1 Å². The normalized spacial score (nSPS) is 17.6. The average Bonchev–Trinajstić information content (AvgIpc) is 2.56. The van der Waals surface area contributed by atoms with Gasteiger partial charge in [-0.2, -0.15) is 0 Å². The van der Waals surface area contributed by atoms with E-state index < -0.39 is 0 Å². The number of hydrogen-bond acceptors (Lipinski definition) is 1. The van der Waals surface area contributed by atoms with Crippen molar-refractivity contribution >= 4 is 11.7 Å². The monoisotopic (exact) mass is 278 g/mol. The Balaban J connectivity index is 1.96. The third kappa shape index (κ3) is 4.79. The second-order valence-electron chi connectivity index (χ2n) is 5.69. The van der Waals surface area contributed by atoms with Crippen molar-refractivity contribution in [2.24, 2.45) is 5.92 Å². The van der Waals surface area contributed by atoms with Crippen LogP contribution >= 0.6 is 0 Å². The van der Waals surface area contributed by atoms with E-state index in [9.17, 15) is 4.79 Å². The zero-order chi connectivity index (χ0) is 14.2. The van der Waals surface area contributed by atoms with Crippen molar-refractivity contribution in [2.45, 2.75) is 58.3 Å². The highest BCUT2D eigenvalue weighted by Gasteiger charge is 2.18. The average molecular weight is 278 g/mol. The third-order valence-electron chi connectivity index (χ3n) is 3.94. The SMILES string of the molecule is Cc1ccc(NC(=O)C2CCCCCCCC2)[nH][nH][nH]1. The van der Waals surface area contributed by atoms with Crippen molar-refractivity contribution in [1.29, 1.82) is 0 Å². The Labute approximate surface area is 120 Å². The minimum atomic E-state index is 0.139. The molecule has 0 saturated heterocycles. The van der Waals surface area contributed by atoms with Gasteiger partial charge in [0.2, 0.25) is 5.91 Å². The van der Waals surface area contributed by atoms with Crippen LogP contribution in [0, 0.1) is 12.8 Å². The molecule has 0 aliphatic heterocycles. The molecule has 1 amide bonds. The van der Waals surface area contributed by atoms with Gasteiger partial charge in [-0.15, -0.1) is 0 Å². The minimum Gasteiger partial charge on any atom is -0.311 e. The van der Waals surface area contributed by atoms with Gasteiger partial charge in [-0.3, -0.25) is 15.0 Å². The van der Waals surface area contributed by atoms with E-state index in [0.717, 1.165) is 18.5 Å². The van der Waals surface area contributed by atoms with Crippen LogP contribution < -0.4 is 5.32 Å². The van der Waals surface area contributed by atoms with E-state index in [0.29, 0.717) is 5.82 Å². The third-order valence-corrected chi connectivity index (χ3v) is 3.94. The number of carbonyl (C=O) groups excluding carboxylic acids is 1. The van der Waals surface area contributed by atoms with Crippen molar-refractivity contribution in [3.63, 3.8) is 0 Å². The molecular formula is C15H26N4O. The lowest BCUT2D eigenvalue weighted by atomic mass is 9.96. The first kappa shape index (κ1) is 14.8. The van der Waals surface area contributed by atoms with Crippen molar-refractivity contribution in [3.8, 4) is 0 Å². The lowest BCUT2D eigenvalue weighted by molar-refractivity contribution is -0.120. The second kappa shape index (κ2) is 7.82. The number of nitrogens with one attached hydrogen (secondary N) is 4. The fraction of sp³-hybridized carbons (Fsp3) is 0.667. The molecule has 1 aliphatic carbocycles. The van der Waals surface area contributed by atoms with Gasteiger partial charge >= 0.3 is 0 Å². The number of amides is 1.